The van der Waals surface area contributed by atoms with E-state index in [1.54, 1.807) is 18.9 Å². The number of amides is 2. The van der Waals surface area contributed by atoms with Gasteiger partial charge in [0.1, 0.15) is 5.75 Å². The summed E-state index contributed by atoms with van der Waals surface area (Å²) in [6.45, 7) is 6.69. The summed E-state index contributed by atoms with van der Waals surface area (Å²) in [6, 6.07) is 15.7. The van der Waals surface area contributed by atoms with Crippen molar-refractivity contribution < 1.29 is 14.3 Å². The van der Waals surface area contributed by atoms with E-state index in [4.69, 9.17) is 4.74 Å². The number of carbonyl (C=O) groups excluding carboxylic acids is 2. The Morgan fingerprint density at radius 2 is 1.70 bits per heavy atom. The van der Waals surface area contributed by atoms with E-state index in [0.717, 1.165) is 54.6 Å². The molecule has 160 valence electrons. The third-order valence-corrected chi connectivity index (χ3v) is 6.18. The first-order valence-electron chi connectivity index (χ1n) is 10.2. The predicted molar refractivity (Wildman–Crippen MR) is 122 cm³/mol. The molecule has 1 N–H and O–H groups in total. The molecule has 7 heteroatoms. The first-order valence-corrected chi connectivity index (χ1v) is 11.1. The highest BCUT2D eigenvalue weighted by atomic mass is 32.2. The zero-order valence-corrected chi connectivity index (χ0v) is 18.6. The Bertz CT molecular complexity index is 855. The van der Waals surface area contributed by atoms with Gasteiger partial charge in [-0.05, 0) is 61.9 Å². The van der Waals surface area contributed by atoms with Crippen LogP contribution in [0.3, 0.4) is 0 Å². The van der Waals surface area contributed by atoms with Gasteiger partial charge in [-0.1, -0.05) is 0 Å². The van der Waals surface area contributed by atoms with Gasteiger partial charge in [0.2, 0.25) is 11.8 Å². The quantitative estimate of drug-likeness (QED) is 0.709. The molecule has 2 aromatic rings. The summed E-state index contributed by atoms with van der Waals surface area (Å²) in [5, 5.41) is 2.59. The molecule has 1 atom stereocenters. The molecule has 3 rings (SSSR count). The van der Waals surface area contributed by atoms with Crippen molar-refractivity contribution in [1.29, 1.82) is 0 Å². The van der Waals surface area contributed by atoms with Crippen LogP contribution in [0.1, 0.15) is 20.3 Å². The molecule has 1 aliphatic rings. The van der Waals surface area contributed by atoms with Gasteiger partial charge in [0.15, 0.2) is 0 Å². The van der Waals surface area contributed by atoms with E-state index in [1.807, 2.05) is 48.2 Å². The van der Waals surface area contributed by atoms with Crippen LogP contribution in [-0.2, 0) is 9.59 Å². The molecule has 1 aliphatic heterocycles. The number of carbonyl (C=O) groups is 2. The number of ether oxygens (including phenoxy) is 1. The Labute approximate surface area is 182 Å². The van der Waals surface area contributed by atoms with Crippen molar-refractivity contribution in [3.05, 3.63) is 48.5 Å². The molecular formula is C23H29N3O3S. The molecule has 0 saturated carbocycles. The lowest BCUT2D eigenvalue weighted by molar-refractivity contribution is -0.130. The molecule has 0 aromatic heterocycles. The monoisotopic (exact) mass is 427 g/mol. The number of anilines is 2. The highest BCUT2D eigenvalue weighted by Crippen LogP contribution is 2.27. The number of rotatable bonds is 6. The van der Waals surface area contributed by atoms with Crippen molar-refractivity contribution >= 4 is 35.0 Å². The van der Waals surface area contributed by atoms with E-state index in [1.165, 1.54) is 6.92 Å². The number of benzene rings is 2. The van der Waals surface area contributed by atoms with Crippen molar-refractivity contribution in [3.8, 4) is 5.75 Å². The topological polar surface area (TPSA) is 61.9 Å². The summed E-state index contributed by atoms with van der Waals surface area (Å²) < 4.78 is 5.24. The molecule has 2 aromatic carbocycles. The summed E-state index contributed by atoms with van der Waals surface area (Å²) in [5.41, 5.74) is 1.92. The van der Waals surface area contributed by atoms with Crippen molar-refractivity contribution in [1.82, 2.24) is 4.90 Å². The second-order valence-corrected chi connectivity index (χ2v) is 8.74. The van der Waals surface area contributed by atoms with E-state index >= 15 is 0 Å². The highest BCUT2D eigenvalue weighted by Gasteiger charge is 2.24. The minimum Gasteiger partial charge on any atom is -0.497 e. The van der Waals surface area contributed by atoms with Crippen LogP contribution < -0.4 is 15.0 Å². The Kier molecular flexibility index (Phi) is 7.63. The number of methoxy groups -OCH3 is 1. The van der Waals surface area contributed by atoms with Gasteiger partial charge in [-0.25, -0.2) is 0 Å². The van der Waals surface area contributed by atoms with Gasteiger partial charge < -0.3 is 19.9 Å². The smallest absolute Gasteiger partial charge is 0.235 e. The van der Waals surface area contributed by atoms with Crippen LogP contribution in [-0.4, -0.2) is 55.3 Å². The molecule has 1 fully saturated rings. The van der Waals surface area contributed by atoms with E-state index < -0.39 is 0 Å². The van der Waals surface area contributed by atoms with Crippen LogP contribution in [0.25, 0.3) is 0 Å². The van der Waals surface area contributed by atoms with Gasteiger partial charge in [-0.3, -0.25) is 9.59 Å². The minimum atomic E-state index is -0.163. The number of nitrogens with zero attached hydrogens (tertiary/aromatic N) is 2. The fourth-order valence-corrected chi connectivity index (χ4v) is 4.47. The van der Waals surface area contributed by atoms with E-state index in [2.05, 4.69) is 22.3 Å². The van der Waals surface area contributed by atoms with Crippen molar-refractivity contribution in [2.24, 2.45) is 0 Å². The number of nitrogens with one attached hydrogen (secondary N) is 1. The highest BCUT2D eigenvalue weighted by molar-refractivity contribution is 8.00. The van der Waals surface area contributed by atoms with Crippen molar-refractivity contribution in [3.63, 3.8) is 0 Å². The van der Waals surface area contributed by atoms with Crippen LogP contribution in [0.2, 0.25) is 0 Å². The van der Waals surface area contributed by atoms with Crippen molar-refractivity contribution in [2.75, 3.05) is 43.5 Å². The van der Waals surface area contributed by atoms with Gasteiger partial charge in [0, 0.05) is 49.4 Å². The summed E-state index contributed by atoms with van der Waals surface area (Å²) >= 11 is 1.55. The molecule has 1 unspecified atom stereocenters. The zero-order chi connectivity index (χ0) is 21.5. The molecular weight excluding hydrogens is 398 g/mol. The van der Waals surface area contributed by atoms with Gasteiger partial charge in [-0.2, -0.15) is 0 Å². The summed E-state index contributed by atoms with van der Waals surface area (Å²) in [7, 11) is 1.67. The predicted octanol–water partition coefficient (Wildman–Crippen LogP) is 3.87. The maximum Gasteiger partial charge on any atom is 0.235 e. The first-order chi connectivity index (χ1) is 14.5. The molecule has 0 bridgehead atoms. The lowest BCUT2D eigenvalue weighted by atomic mass is 10.2. The third kappa shape index (κ3) is 5.92. The lowest BCUT2D eigenvalue weighted by Gasteiger charge is -2.25. The second-order valence-electron chi connectivity index (χ2n) is 7.33. The molecule has 2 amide bonds. The van der Waals surface area contributed by atoms with Gasteiger partial charge >= 0.3 is 0 Å². The molecule has 0 radical (unpaired) electrons. The Morgan fingerprint density at radius 1 is 1.00 bits per heavy atom. The summed E-state index contributed by atoms with van der Waals surface area (Å²) in [5.74, 6) is 0.924. The summed E-state index contributed by atoms with van der Waals surface area (Å²) in [6.07, 6.45) is 0.945. The number of thioether (sulfide) groups is 1. The van der Waals surface area contributed by atoms with Crippen molar-refractivity contribution in [2.45, 2.75) is 30.4 Å². The van der Waals surface area contributed by atoms with Gasteiger partial charge in [0.05, 0.1) is 12.4 Å². The molecule has 1 heterocycles. The average molecular weight is 428 g/mol. The standard InChI is InChI=1S/C23H29N3O3S/c1-17(30-22-11-5-19(6-12-22)24-18(2)27)23(28)26-14-4-13-25(15-16-26)20-7-9-21(29-3)10-8-20/h5-12,17H,4,13-16H2,1-3H3,(H,24,27). The average Bonchev–Trinajstić information content (AvgIpc) is 3.00. The normalized spacial score (nSPS) is 15.3. The van der Waals surface area contributed by atoms with Crippen LogP contribution >= 0.6 is 11.8 Å². The Hall–Kier alpha value is -2.67. The molecule has 0 aliphatic carbocycles. The van der Waals surface area contributed by atoms with E-state index in [0.29, 0.717) is 0 Å². The fourth-order valence-electron chi connectivity index (χ4n) is 3.52. The second kappa shape index (κ2) is 10.4. The van der Waals surface area contributed by atoms with Crippen LogP contribution in [0, 0.1) is 0 Å². The maximum absolute atomic E-state index is 13.0. The molecule has 30 heavy (non-hydrogen) atoms. The molecule has 6 nitrogen and oxygen atoms in total. The van der Waals surface area contributed by atoms with Gasteiger partial charge in [0.25, 0.3) is 0 Å². The number of hydrogen-bond acceptors (Lipinski definition) is 5. The van der Waals surface area contributed by atoms with Crippen LogP contribution in [0.15, 0.2) is 53.4 Å². The lowest BCUT2D eigenvalue weighted by Crippen LogP contribution is -2.39. The largest absolute Gasteiger partial charge is 0.497 e. The summed E-state index contributed by atoms with van der Waals surface area (Å²) in [4.78, 5) is 29.5. The van der Waals surface area contributed by atoms with Crippen LogP contribution in [0.4, 0.5) is 11.4 Å². The SMILES string of the molecule is COc1ccc(N2CCCN(C(=O)C(C)Sc3ccc(NC(C)=O)cc3)CC2)cc1. The number of hydrogen-bond donors (Lipinski definition) is 1. The third-order valence-electron chi connectivity index (χ3n) is 5.08. The molecule has 1 saturated heterocycles. The van der Waals surface area contributed by atoms with Crippen LogP contribution in [0.5, 0.6) is 5.75 Å². The molecule has 0 spiro atoms. The zero-order valence-electron chi connectivity index (χ0n) is 17.8. The maximum atomic E-state index is 13.0. The van der Waals surface area contributed by atoms with E-state index in [-0.39, 0.29) is 17.1 Å². The fraction of sp³-hybridized carbons (Fsp3) is 0.391. The Morgan fingerprint density at radius 3 is 2.33 bits per heavy atom. The van der Waals surface area contributed by atoms with E-state index in [9.17, 15) is 9.59 Å². The first kappa shape index (κ1) is 22.0. The Balaban J connectivity index is 1.55. The van der Waals surface area contributed by atoms with Gasteiger partial charge in [-0.15, -0.1) is 11.8 Å². The minimum absolute atomic E-state index is 0.0937.